The topological polar surface area (TPSA) is 61.0 Å². The molecule has 0 spiro atoms. The van der Waals surface area contributed by atoms with E-state index in [1.165, 1.54) is 12.8 Å². The first-order valence-corrected chi connectivity index (χ1v) is 6.35. The molecule has 0 saturated heterocycles. The van der Waals surface area contributed by atoms with E-state index in [2.05, 4.69) is 16.9 Å². The lowest BCUT2D eigenvalue weighted by atomic mass is 9.89. The number of thiocarbonyl (C=S) groups is 1. The van der Waals surface area contributed by atoms with Crippen LogP contribution in [-0.4, -0.2) is 21.1 Å². The Kier molecular flexibility index (Phi) is 3.89. The van der Waals surface area contributed by atoms with Crippen LogP contribution in [-0.2, 0) is 0 Å². The summed E-state index contributed by atoms with van der Waals surface area (Å²) >= 11 is 4.94. The fourth-order valence-electron chi connectivity index (χ4n) is 2.22. The Hall–Kier alpha value is -1.23. The van der Waals surface area contributed by atoms with Gasteiger partial charge in [0.15, 0.2) is 5.69 Å². The van der Waals surface area contributed by atoms with Crippen molar-refractivity contribution in [1.82, 2.24) is 9.97 Å². The summed E-state index contributed by atoms with van der Waals surface area (Å²) in [6.45, 7) is 2.25. The number of nitrogens with zero attached hydrogens (tertiary/aromatic N) is 2. The van der Waals surface area contributed by atoms with Crippen molar-refractivity contribution in [2.75, 3.05) is 0 Å². The highest BCUT2D eigenvalue weighted by Crippen LogP contribution is 2.27. The van der Waals surface area contributed by atoms with Crippen LogP contribution in [0.1, 0.15) is 38.3 Å². The summed E-state index contributed by atoms with van der Waals surface area (Å²) in [5, 5.41) is 0. The smallest absolute Gasteiger partial charge is 0.243 e. The van der Waals surface area contributed by atoms with Crippen LogP contribution in [0, 0.1) is 5.92 Å². The molecule has 1 aliphatic carbocycles. The molecule has 0 amide bonds. The largest absolute Gasteiger partial charge is 0.473 e. The maximum absolute atomic E-state index is 5.88. The van der Waals surface area contributed by atoms with Gasteiger partial charge in [-0.25, -0.2) is 9.97 Å². The van der Waals surface area contributed by atoms with Gasteiger partial charge in [-0.15, -0.1) is 0 Å². The Morgan fingerprint density at radius 1 is 1.41 bits per heavy atom. The van der Waals surface area contributed by atoms with Crippen molar-refractivity contribution >= 4 is 17.2 Å². The van der Waals surface area contributed by atoms with Crippen LogP contribution in [0.2, 0.25) is 0 Å². The van der Waals surface area contributed by atoms with Crippen molar-refractivity contribution in [3.05, 3.63) is 18.1 Å². The summed E-state index contributed by atoms with van der Waals surface area (Å²) in [5.74, 6) is 1.18. The molecule has 0 radical (unpaired) electrons. The normalized spacial score (nSPS) is 24.3. The highest BCUT2D eigenvalue weighted by atomic mass is 32.1. The summed E-state index contributed by atoms with van der Waals surface area (Å²) < 4.78 is 5.88. The maximum Gasteiger partial charge on any atom is 0.243 e. The van der Waals surface area contributed by atoms with Gasteiger partial charge < -0.3 is 10.5 Å². The van der Waals surface area contributed by atoms with Gasteiger partial charge in [-0.1, -0.05) is 25.6 Å². The molecule has 1 aromatic rings. The second-order valence-corrected chi connectivity index (χ2v) is 5.03. The van der Waals surface area contributed by atoms with Crippen molar-refractivity contribution in [3.63, 3.8) is 0 Å². The molecule has 1 aliphatic rings. The van der Waals surface area contributed by atoms with Gasteiger partial charge in [0.05, 0.1) is 0 Å². The minimum atomic E-state index is 0.212. The van der Waals surface area contributed by atoms with E-state index < -0.39 is 0 Å². The minimum absolute atomic E-state index is 0.212. The summed E-state index contributed by atoms with van der Waals surface area (Å²) in [5.41, 5.74) is 6.08. The lowest BCUT2D eigenvalue weighted by molar-refractivity contribution is 0.123. The standard InChI is InChI=1S/C12H17N3OS/c1-8-3-2-4-9(7-8)16-12-10(11(13)17)14-5-6-15-12/h5-6,8-9H,2-4,7H2,1H3,(H2,13,17). The molecule has 0 bridgehead atoms. The van der Waals surface area contributed by atoms with Crippen LogP contribution in [0.4, 0.5) is 0 Å². The average molecular weight is 251 g/mol. The van der Waals surface area contributed by atoms with Crippen molar-refractivity contribution < 1.29 is 4.74 Å². The molecule has 2 rings (SSSR count). The van der Waals surface area contributed by atoms with Crippen molar-refractivity contribution in [2.45, 2.75) is 38.7 Å². The first kappa shape index (κ1) is 12.2. The molecule has 1 heterocycles. The third-order valence-electron chi connectivity index (χ3n) is 3.06. The van der Waals surface area contributed by atoms with Gasteiger partial charge in [0.2, 0.25) is 5.88 Å². The maximum atomic E-state index is 5.88. The molecule has 2 atom stereocenters. The number of nitrogens with two attached hydrogens (primary N) is 1. The van der Waals surface area contributed by atoms with Crippen LogP contribution in [0.5, 0.6) is 5.88 Å². The minimum Gasteiger partial charge on any atom is -0.473 e. The SMILES string of the molecule is CC1CCCC(Oc2nccnc2C(N)=S)C1. The predicted octanol–water partition coefficient (Wildman–Crippen LogP) is 2.07. The fraction of sp³-hybridized carbons (Fsp3) is 0.583. The molecule has 0 aromatic carbocycles. The van der Waals surface area contributed by atoms with Gasteiger partial charge in [0.1, 0.15) is 11.1 Å². The Morgan fingerprint density at radius 3 is 2.88 bits per heavy atom. The molecule has 92 valence electrons. The van der Waals surface area contributed by atoms with E-state index in [1.807, 2.05) is 0 Å². The molecule has 17 heavy (non-hydrogen) atoms. The van der Waals surface area contributed by atoms with E-state index in [9.17, 15) is 0 Å². The predicted molar refractivity (Wildman–Crippen MR) is 70.0 cm³/mol. The molecule has 0 aliphatic heterocycles. The van der Waals surface area contributed by atoms with Crippen molar-refractivity contribution in [2.24, 2.45) is 11.7 Å². The summed E-state index contributed by atoms with van der Waals surface area (Å²) in [6.07, 6.45) is 8.00. The zero-order valence-electron chi connectivity index (χ0n) is 9.93. The van der Waals surface area contributed by atoms with Gasteiger partial charge in [-0.3, -0.25) is 0 Å². The fourth-order valence-corrected chi connectivity index (χ4v) is 2.36. The third kappa shape index (κ3) is 3.12. The van der Waals surface area contributed by atoms with Crippen molar-refractivity contribution in [3.8, 4) is 5.88 Å². The lowest BCUT2D eigenvalue weighted by Gasteiger charge is -2.27. The zero-order valence-corrected chi connectivity index (χ0v) is 10.7. The van der Waals surface area contributed by atoms with E-state index in [0.29, 0.717) is 17.5 Å². The third-order valence-corrected chi connectivity index (χ3v) is 3.26. The molecular weight excluding hydrogens is 234 g/mol. The summed E-state index contributed by atoms with van der Waals surface area (Å²) in [7, 11) is 0. The first-order valence-electron chi connectivity index (χ1n) is 5.94. The highest BCUT2D eigenvalue weighted by Gasteiger charge is 2.22. The number of hydrogen-bond acceptors (Lipinski definition) is 4. The monoisotopic (exact) mass is 251 g/mol. The van der Waals surface area contributed by atoms with E-state index in [4.69, 9.17) is 22.7 Å². The summed E-state index contributed by atoms with van der Waals surface area (Å²) in [6, 6.07) is 0. The second kappa shape index (κ2) is 5.40. The van der Waals surface area contributed by atoms with Gasteiger partial charge >= 0.3 is 0 Å². The molecular formula is C12H17N3OS. The second-order valence-electron chi connectivity index (χ2n) is 4.59. The van der Waals surface area contributed by atoms with E-state index in [1.54, 1.807) is 12.4 Å². The summed E-state index contributed by atoms with van der Waals surface area (Å²) in [4.78, 5) is 8.51. The van der Waals surface area contributed by atoms with E-state index in [0.717, 1.165) is 12.8 Å². The lowest BCUT2D eigenvalue weighted by Crippen LogP contribution is -2.26. The number of rotatable bonds is 3. The Balaban J connectivity index is 2.10. The van der Waals surface area contributed by atoms with Gasteiger partial charge in [-0.2, -0.15) is 0 Å². The zero-order chi connectivity index (χ0) is 12.3. The van der Waals surface area contributed by atoms with Crippen LogP contribution < -0.4 is 10.5 Å². The quantitative estimate of drug-likeness (QED) is 0.833. The molecule has 1 saturated carbocycles. The Morgan fingerprint density at radius 2 is 2.18 bits per heavy atom. The number of ether oxygens (including phenoxy) is 1. The van der Waals surface area contributed by atoms with E-state index >= 15 is 0 Å². The first-order chi connectivity index (χ1) is 8.16. The van der Waals surface area contributed by atoms with Crippen LogP contribution in [0.25, 0.3) is 0 Å². The van der Waals surface area contributed by atoms with Gasteiger partial charge in [0.25, 0.3) is 0 Å². The van der Waals surface area contributed by atoms with Crippen LogP contribution in [0.3, 0.4) is 0 Å². The number of aromatic nitrogens is 2. The van der Waals surface area contributed by atoms with Crippen molar-refractivity contribution in [1.29, 1.82) is 0 Å². The van der Waals surface area contributed by atoms with Crippen LogP contribution >= 0.6 is 12.2 Å². The van der Waals surface area contributed by atoms with E-state index in [-0.39, 0.29) is 11.1 Å². The molecule has 4 nitrogen and oxygen atoms in total. The molecule has 5 heteroatoms. The molecule has 2 N–H and O–H groups in total. The molecule has 1 fully saturated rings. The Bertz CT molecular complexity index is 410. The van der Waals surface area contributed by atoms with Gasteiger partial charge in [-0.05, 0) is 25.2 Å². The highest BCUT2D eigenvalue weighted by molar-refractivity contribution is 7.80. The molecule has 2 unspecified atom stereocenters. The molecule has 1 aromatic heterocycles. The van der Waals surface area contributed by atoms with Crippen LogP contribution in [0.15, 0.2) is 12.4 Å². The Labute approximate surface area is 107 Å². The average Bonchev–Trinajstić information content (AvgIpc) is 2.29. The van der Waals surface area contributed by atoms with Gasteiger partial charge in [0, 0.05) is 12.4 Å². The number of hydrogen-bond donors (Lipinski definition) is 1.